The highest BCUT2D eigenvalue weighted by atomic mass is 35.5. The number of amides is 1. The molecule has 0 aliphatic heterocycles. The monoisotopic (exact) mass is 302 g/mol. The van der Waals surface area contributed by atoms with Crippen LogP contribution >= 0.6 is 24.0 Å². The first-order valence-corrected chi connectivity index (χ1v) is 6.73. The summed E-state index contributed by atoms with van der Waals surface area (Å²) in [7, 11) is 0. The fourth-order valence-electron chi connectivity index (χ4n) is 2.53. The predicted octanol–water partition coefficient (Wildman–Crippen LogP) is 3.07. The Morgan fingerprint density at radius 3 is 2.58 bits per heavy atom. The van der Waals surface area contributed by atoms with Gasteiger partial charge in [-0.3, -0.25) is 4.79 Å². The van der Waals surface area contributed by atoms with Crippen LogP contribution in [0.2, 0.25) is 5.02 Å². The third-order valence-electron chi connectivity index (χ3n) is 3.75. The van der Waals surface area contributed by atoms with Gasteiger partial charge in [-0.1, -0.05) is 24.4 Å². The van der Waals surface area contributed by atoms with E-state index in [-0.39, 0.29) is 23.9 Å². The summed E-state index contributed by atoms with van der Waals surface area (Å²) in [5.74, 6) is -0.0536. The van der Waals surface area contributed by atoms with Gasteiger partial charge >= 0.3 is 0 Å². The molecule has 1 fully saturated rings. The van der Waals surface area contributed by atoms with Crippen LogP contribution in [0.15, 0.2) is 18.2 Å². The Morgan fingerprint density at radius 2 is 2.05 bits per heavy atom. The molecular formula is C14H20Cl2N2O. The van der Waals surface area contributed by atoms with Crippen molar-refractivity contribution in [2.75, 3.05) is 6.54 Å². The maximum Gasteiger partial charge on any atom is 0.251 e. The summed E-state index contributed by atoms with van der Waals surface area (Å²) in [4.78, 5) is 12.2. The van der Waals surface area contributed by atoms with Crippen LogP contribution in [0.4, 0.5) is 0 Å². The molecule has 3 N–H and O–H groups in total. The minimum Gasteiger partial charge on any atom is -0.345 e. The molecule has 1 amide bonds. The van der Waals surface area contributed by atoms with Crippen LogP contribution < -0.4 is 11.1 Å². The second-order valence-electron chi connectivity index (χ2n) is 5.11. The first kappa shape index (κ1) is 16.3. The molecule has 3 nitrogen and oxygen atoms in total. The third-order valence-corrected chi connectivity index (χ3v) is 4.17. The minimum absolute atomic E-state index is 0. The lowest BCUT2D eigenvalue weighted by Gasteiger charge is -2.28. The van der Waals surface area contributed by atoms with E-state index in [0.29, 0.717) is 17.1 Å². The Bertz CT molecular complexity index is 457. The van der Waals surface area contributed by atoms with Gasteiger partial charge in [-0.2, -0.15) is 0 Å². The van der Waals surface area contributed by atoms with Crippen molar-refractivity contribution in [1.82, 2.24) is 5.32 Å². The molecule has 0 spiro atoms. The highest BCUT2D eigenvalue weighted by Gasteiger charge is 2.34. The molecule has 1 saturated carbocycles. The number of carbonyl (C=O) groups excluding carboxylic acids is 1. The molecule has 0 heterocycles. The van der Waals surface area contributed by atoms with Gasteiger partial charge in [0, 0.05) is 17.1 Å². The molecule has 0 radical (unpaired) electrons. The Balaban J connectivity index is 0.00000180. The zero-order valence-electron chi connectivity index (χ0n) is 11.0. The molecular weight excluding hydrogens is 283 g/mol. The van der Waals surface area contributed by atoms with E-state index in [9.17, 15) is 4.79 Å². The Kier molecular flexibility index (Phi) is 5.65. The SMILES string of the molecule is Cc1cc(C(=O)NC2(CN)CCCC2)ccc1Cl.Cl. The molecule has 5 heteroatoms. The Morgan fingerprint density at radius 1 is 1.42 bits per heavy atom. The van der Waals surface area contributed by atoms with Crippen molar-refractivity contribution in [3.05, 3.63) is 34.3 Å². The molecule has 1 aromatic rings. The second kappa shape index (κ2) is 6.60. The zero-order chi connectivity index (χ0) is 13.2. The molecule has 1 aliphatic rings. The van der Waals surface area contributed by atoms with Crippen molar-refractivity contribution < 1.29 is 4.79 Å². The van der Waals surface area contributed by atoms with Crippen LogP contribution in [0.5, 0.6) is 0 Å². The topological polar surface area (TPSA) is 55.1 Å². The van der Waals surface area contributed by atoms with E-state index in [4.69, 9.17) is 17.3 Å². The van der Waals surface area contributed by atoms with Crippen LogP contribution in [0, 0.1) is 6.92 Å². The summed E-state index contributed by atoms with van der Waals surface area (Å²) in [6.07, 6.45) is 4.22. The molecule has 1 aromatic carbocycles. The highest BCUT2D eigenvalue weighted by Crippen LogP contribution is 2.29. The smallest absolute Gasteiger partial charge is 0.251 e. The molecule has 0 aromatic heterocycles. The van der Waals surface area contributed by atoms with E-state index in [1.165, 1.54) is 0 Å². The number of aryl methyl sites for hydroxylation is 1. The first-order valence-electron chi connectivity index (χ1n) is 6.35. The van der Waals surface area contributed by atoms with Gasteiger partial charge in [0.1, 0.15) is 0 Å². The van der Waals surface area contributed by atoms with Crippen LogP contribution in [0.3, 0.4) is 0 Å². The lowest BCUT2D eigenvalue weighted by atomic mass is 9.97. The van der Waals surface area contributed by atoms with E-state index in [2.05, 4.69) is 5.32 Å². The molecule has 0 unspecified atom stereocenters. The van der Waals surface area contributed by atoms with Crippen LogP contribution in [-0.2, 0) is 0 Å². The normalized spacial score (nSPS) is 16.8. The molecule has 2 rings (SSSR count). The number of hydrogen-bond donors (Lipinski definition) is 2. The van der Waals surface area contributed by atoms with Crippen molar-refractivity contribution in [3.8, 4) is 0 Å². The molecule has 0 saturated heterocycles. The predicted molar refractivity (Wildman–Crippen MR) is 81.2 cm³/mol. The van der Waals surface area contributed by atoms with E-state index in [1.54, 1.807) is 12.1 Å². The van der Waals surface area contributed by atoms with E-state index in [0.717, 1.165) is 31.2 Å². The molecule has 19 heavy (non-hydrogen) atoms. The minimum atomic E-state index is -0.204. The summed E-state index contributed by atoms with van der Waals surface area (Å²) in [6, 6.07) is 5.33. The van der Waals surface area contributed by atoms with Gasteiger partial charge in [0.2, 0.25) is 0 Å². The Hall–Kier alpha value is -0.770. The lowest BCUT2D eigenvalue weighted by molar-refractivity contribution is 0.0903. The van der Waals surface area contributed by atoms with E-state index < -0.39 is 0 Å². The largest absolute Gasteiger partial charge is 0.345 e. The van der Waals surface area contributed by atoms with Crippen LogP contribution in [0.1, 0.15) is 41.6 Å². The number of nitrogens with two attached hydrogens (primary N) is 1. The van der Waals surface area contributed by atoms with Crippen molar-refractivity contribution in [2.45, 2.75) is 38.1 Å². The van der Waals surface area contributed by atoms with Crippen molar-refractivity contribution in [2.24, 2.45) is 5.73 Å². The maximum absolute atomic E-state index is 12.2. The number of carbonyl (C=O) groups is 1. The number of benzene rings is 1. The average Bonchev–Trinajstić information content (AvgIpc) is 2.82. The number of hydrogen-bond acceptors (Lipinski definition) is 2. The number of nitrogens with one attached hydrogen (secondary N) is 1. The second-order valence-corrected chi connectivity index (χ2v) is 5.52. The fourth-order valence-corrected chi connectivity index (χ4v) is 2.65. The molecule has 106 valence electrons. The molecule has 0 bridgehead atoms. The van der Waals surface area contributed by atoms with Gasteiger partial charge in [-0.15, -0.1) is 12.4 Å². The third kappa shape index (κ3) is 3.62. The number of rotatable bonds is 3. The summed E-state index contributed by atoms with van der Waals surface area (Å²) in [5.41, 5.74) is 7.17. The Labute approximate surface area is 125 Å². The summed E-state index contributed by atoms with van der Waals surface area (Å²) >= 11 is 5.96. The van der Waals surface area contributed by atoms with Crippen molar-refractivity contribution in [1.29, 1.82) is 0 Å². The molecule has 1 aliphatic carbocycles. The quantitative estimate of drug-likeness (QED) is 0.901. The molecule has 0 atom stereocenters. The average molecular weight is 303 g/mol. The summed E-state index contributed by atoms with van der Waals surface area (Å²) < 4.78 is 0. The van der Waals surface area contributed by atoms with Crippen LogP contribution in [0.25, 0.3) is 0 Å². The standard InChI is InChI=1S/C14H19ClN2O.ClH/c1-10-8-11(4-5-12(10)15)13(18)17-14(9-16)6-2-3-7-14;/h4-5,8H,2-3,6-7,9,16H2,1H3,(H,17,18);1H. The fraction of sp³-hybridized carbons (Fsp3) is 0.500. The van der Waals surface area contributed by atoms with E-state index >= 15 is 0 Å². The first-order chi connectivity index (χ1) is 8.56. The van der Waals surface area contributed by atoms with E-state index in [1.807, 2.05) is 13.0 Å². The van der Waals surface area contributed by atoms with Gasteiger partial charge in [0.25, 0.3) is 5.91 Å². The zero-order valence-corrected chi connectivity index (χ0v) is 12.6. The van der Waals surface area contributed by atoms with Gasteiger partial charge < -0.3 is 11.1 Å². The maximum atomic E-state index is 12.2. The van der Waals surface area contributed by atoms with Gasteiger partial charge in [-0.25, -0.2) is 0 Å². The van der Waals surface area contributed by atoms with Crippen molar-refractivity contribution in [3.63, 3.8) is 0 Å². The summed E-state index contributed by atoms with van der Waals surface area (Å²) in [6.45, 7) is 2.40. The van der Waals surface area contributed by atoms with Crippen molar-refractivity contribution >= 4 is 29.9 Å². The summed E-state index contributed by atoms with van der Waals surface area (Å²) in [5, 5.41) is 3.78. The van der Waals surface area contributed by atoms with Gasteiger partial charge in [0.05, 0.1) is 5.54 Å². The van der Waals surface area contributed by atoms with Crippen LogP contribution in [-0.4, -0.2) is 18.0 Å². The lowest BCUT2D eigenvalue weighted by Crippen LogP contribution is -2.51. The number of halogens is 2. The van der Waals surface area contributed by atoms with Gasteiger partial charge in [0.15, 0.2) is 0 Å². The van der Waals surface area contributed by atoms with Gasteiger partial charge in [-0.05, 0) is 43.5 Å². The highest BCUT2D eigenvalue weighted by molar-refractivity contribution is 6.31.